The van der Waals surface area contributed by atoms with Crippen LogP contribution in [0.5, 0.6) is 0 Å². The van der Waals surface area contributed by atoms with Gasteiger partial charge in [-0.2, -0.15) is 12.7 Å². The second kappa shape index (κ2) is 6.78. The zero-order valence-electron chi connectivity index (χ0n) is 13.4. The molecule has 0 aromatic heterocycles. The molecule has 1 unspecified atom stereocenters. The molecule has 132 valence electrons. The highest BCUT2D eigenvalue weighted by Crippen LogP contribution is 2.34. The first kappa shape index (κ1) is 17.3. The fourth-order valence-electron chi connectivity index (χ4n) is 3.65. The monoisotopic (exact) mass is 355 g/mol. The van der Waals surface area contributed by atoms with E-state index in [4.69, 9.17) is 5.14 Å². The zero-order valence-corrected chi connectivity index (χ0v) is 14.2. The molecule has 2 heterocycles. The molecule has 1 aromatic rings. The van der Waals surface area contributed by atoms with E-state index in [1.165, 1.54) is 16.4 Å². The minimum atomic E-state index is -3.68. The minimum absolute atomic E-state index is 0.0191. The van der Waals surface area contributed by atoms with E-state index in [0.717, 1.165) is 18.4 Å². The van der Waals surface area contributed by atoms with E-state index in [2.05, 4.69) is 0 Å². The van der Waals surface area contributed by atoms with Crippen molar-refractivity contribution in [2.45, 2.75) is 31.7 Å². The van der Waals surface area contributed by atoms with Crippen molar-refractivity contribution in [2.75, 3.05) is 19.6 Å². The summed E-state index contributed by atoms with van der Waals surface area (Å²) < 4.78 is 37.1. The Bertz CT molecular complexity index is 700. The summed E-state index contributed by atoms with van der Waals surface area (Å²) >= 11 is 0. The number of carbonyl (C=O) groups excluding carboxylic acids is 1. The van der Waals surface area contributed by atoms with Crippen LogP contribution in [0, 0.1) is 11.7 Å². The Hall–Kier alpha value is -1.51. The van der Waals surface area contributed by atoms with Crippen LogP contribution in [0.3, 0.4) is 0 Å². The minimum Gasteiger partial charge on any atom is -0.335 e. The first-order valence-corrected chi connectivity index (χ1v) is 9.70. The number of likely N-dealkylation sites (tertiary alicyclic amines) is 1. The van der Waals surface area contributed by atoms with Gasteiger partial charge in [0.05, 0.1) is 6.04 Å². The van der Waals surface area contributed by atoms with Crippen LogP contribution in [0.1, 0.15) is 37.3 Å². The summed E-state index contributed by atoms with van der Waals surface area (Å²) in [7, 11) is -3.68. The van der Waals surface area contributed by atoms with E-state index in [-0.39, 0.29) is 36.8 Å². The maximum atomic E-state index is 13.1. The molecule has 1 aromatic carbocycles. The van der Waals surface area contributed by atoms with E-state index in [1.807, 2.05) is 4.90 Å². The molecule has 6 nitrogen and oxygen atoms in total. The second-order valence-electron chi connectivity index (χ2n) is 6.46. The van der Waals surface area contributed by atoms with Gasteiger partial charge in [-0.1, -0.05) is 12.1 Å². The zero-order chi connectivity index (χ0) is 17.3. The number of halogens is 1. The molecule has 2 N–H and O–H groups in total. The van der Waals surface area contributed by atoms with Crippen LogP contribution in [-0.2, 0) is 15.0 Å². The van der Waals surface area contributed by atoms with Gasteiger partial charge in [0.1, 0.15) is 5.82 Å². The van der Waals surface area contributed by atoms with Crippen molar-refractivity contribution in [3.63, 3.8) is 0 Å². The molecule has 24 heavy (non-hydrogen) atoms. The molecule has 0 radical (unpaired) electrons. The molecule has 2 saturated heterocycles. The van der Waals surface area contributed by atoms with Crippen molar-refractivity contribution >= 4 is 16.1 Å². The lowest BCUT2D eigenvalue weighted by Crippen LogP contribution is -2.46. The molecule has 0 aliphatic carbocycles. The summed E-state index contributed by atoms with van der Waals surface area (Å²) in [5.74, 6) is -0.398. The molecule has 0 bridgehead atoms. The third kappa shape index (κ3) is 3.60. The fraction of sp³-hybridized carbons (Fsp3) is 0.562. The predicted octanol–water partition coefficient (Wildman–Crippen LogP) is 1.40. The number of benzene rings is 1. The van der Waals surface area contributed by atoms with Crippen molar-refractivity contribution in [1.82, 2.24) is 9.21 Å². The largest absolute Gasteiger partial charge is 0.335 e. The molecular weight excluding hydrogens is 333 g/mol. The Balaban J connectivity index is 1.67. The molecule has 2 fully saturated rings. The molecule has 3 rings (SSSR count). The van der Waals surface area contributed by atoms with E-state index in [9.17, 15) is 17.6 Å². The van der Waals surface area contributed by atoms with Crippen LogP contribution in [0.2, 0.25) is 0 Å². The number of carbonyl (C=O) groups is 1. The lowest BCUT2D eigenvalue weighted by Gasteiger charge is -2.33. The summed E-state index contributed by atoms with van der Waals surface area (Å²) in [5, 5.41) is 5.14. The third-order valence-electron chi connectivity index (χ3n) is 4.95. The highest BCUT2D eigenvalue weighted by Gasteiger charge is 2.36. The summed E-state index contributed by atoms with van der Waals surface area (Å²) in [6.07, 6.45) is 2.76. The molecule has 0 saturated carbocycles. The van der Waals surface area contributed by atoms with Gasteiger partial charge in [0, 0.05) is 25.6 Å². The molecule has 2 aliphatic heterocycles. The van der Waals surface area contributed by atoms with Crippen LogP contribution >= 0.6 is 0 Å². The van der Waals surface area contributed by atoms with E-state index < -0.39 is 10.2 Å². The Morgan fingerprint density at radius 2 is 1.71 bits per heavy atom. The number of amides is 1. The fourth-order valence-corrected chi connectivity index (χ4v) is 4.37. The van der Waals surface area contributed by atoms with Crippen molar-refractivity contribution in [3.05, 3.63) is 35.6 Å². The van der Waals surface area contributed by atoms with E-state index >= 15 is 0 Å². The van der Waals surface area contributed by atoms with Crippen LogP contribution in [0.15, 0.2) is 24.3 Å². The summed E-state index contributed by atoms with van der Waals surface area (Å²) in [5.41, 5.74) is 0.948. The van der Waals surface area contributed by atoms with Gasteiger partial charge in [-0.25, -0.2) is 9.53 Å². The average molecular weight is 355 g/mol. The maximum absolute atomic E-state index is 13.1. The van der Waals surface area contributed by atoms with Gasteiger partial charge in [0.15, 0.2) is 0 Å². The molecular formula is C16H22FN3O3S. The van der Waals surface area contributed by atoms with Gasteiger partial charge < -0.3 is 4.90 Å². The highest BCUT2D eigenvalue weighted by atomic mass is 32.2. The molecule has 1 atom stereocenters. The molecule has 1 amide bonds. The topological polar surface area (TPSA) is 83.7 Å². The molecule has 8 heteroatoms. The number of hydrogen-bond donors (Lipinski definition) is 1. The first-order chi connectivity index (χ1) is 11.4. The van der Waals surface area contributed by atoms with E-state index in [1.54, 1.807) is 12.1 Å². The summed E-state index contributed by atoms with van der Waals surface area (Å²) in [6.45, 7) is 1.25. The standard InChI is InChI=1S/C16H22FN3O3S/c17-14-5-3-12(4-6-14)15-2-1-9-20(15)16(21)13-7-10-19(11-8-13)24(18,22)23/h3-6,13,15H,1-2,7-11H2,(H2,18,22,23). The Labute approximate surface area is 141 Å². The molecule has 2 aliphatic rings. The summed E-state index contributed by atoms with van der Waals surface area (Å²) in [4.78, 5) is 14.7. The summed E-state index contributed by atoms with van der Waals surface area (Å²) in [6, 6.07) is 6.28. The Kier molecular flexibility index (Phi) is 4.89. The lowest BCUT2D eigenvalue weighted by molar-refractivity contribution is -0.137. The second-order valence-corrected chi connectivity index (χ2v) is 8.01. The average Bonchev–Trinajstić information content (AvgIpc) is 3.04. The lowest BCUT2D eigenvalue weighted by atomic mass is 9.95. The van der Waals surface area contributed by atoms with Gasteiger partial charge in [-0.3, -0.25) is 4.79 Å². The van der Waals surface area contributed by atoms with E-state index in [0.29, 0.717) is 19.4 Å². The van der Waals surface area contributed by atoms with Crippen molar-refractivity contribution < 1.29 is 17.6 Å². The van der Waals surface area contributed by atoms with Crippen molar-refractivity contribution in [1.29, 1.82) is 0 Å². The van der Waals surface area contributed by atoms with Gasteiger partial charge >= 0.3 is 0 Å². The van der Waals surface area contributed by atoms with Crippen molar-refractivity contribution in [2.24, 2.45) is 11.1 Å². The number of hydrogen-bond acceptors (Lipinski definition) is 3. The number of piperidine rings is 1. The normalized spacial score (nSPS) is 23.6. The molecule has 0 spiro atoms. The third-order valence-corrected chi connectivity index (χ3v) is 6.04. The van der Waals surface area contributed by atoms with Crippen LogP contribution in [0.4, 0.5) is 4.39 Å². The smallest absolute Gasteiger partial charge is 0.276 e. The number of nitrogens with two attached hydrogens (primary N) is 1. The van der Waals surface area contributed by atoms with Crippen LogP contribution < -0.4 is 5.14 Å². The van der Waals surface area contributed by atoms with Crippen LogP contribution in [-0.4, -0.2) is 43.2 Å². The Morgan fingerprint density at radius 1 is 1.08 bits per heavy atom. The predicted molar refractivity (Wildman–Crippen MR) is 87.5 cm³/mol. The number of nitrogens with zero attached hydrogens (tertiary/aromatic N) is 2. The number of rotatable bonds is 3. The van der Waals surface area contributed by atoms with Gasteiger partial charge in [-0.05, 0) is 43.4 Å². The SMILES string of the molecule is NS(=O)(=O)N1CCC(C(=O)N2CCCC2c2ccc(F)cc2)CC1. The highest BCUT2D eigenvalue weighted by molar-refractivity contribution is 7.86. The van der Waals surface area contributed by atoms with Gasteiger partial charge in [0.25, 0.3) is 10.2 Å². The maximum Gasteiger partial charge on any atom is 0.276 e. The van der Waals surface area contributed by atoms with Crippen molar-refractivity contribution in [3.8, 4) is 0 Å². The van der Waals surface area contributed by atoms with Gasteiger partial charge in [-0.15, -0.1) is 0 Å². The van der Waals surface area contributed by atoms with Crippen LogP contribution in [0.25, 0.3) is 0 Å². The van der Waals surface area contributed by atoms with Gasteiger partial charge in [0.2, 0.25) is 5.91 Å². The Morgan fingerprint density at radius 3 is 2.29 bits per heavy atom. The first-order valence-electron chi connectivity index (χ1n) is 8.20. The quantitative estimate of drug-likeness (QED) is 0.890.